The Kier molecular flexibility index (Phi) is 10.0. The largest absolute Gasteiger partial charge is 0.303 e. The minimum atomic E-state index is -0.277. The molecule has 0 saturated heterocycles. The number of benzene rings is 3. The van der Waals surface area contributed by atoms with Gasteiger partial charge in [-0.25, -0.2) is 14.0 Å². The van der Waals surface area contributed by atoms with Gasteiger partial charge in [0.1, 0.15) is 0 Å². The summed E-state index contributed by atoms with van der Waals surface area (Å²) in [6.45, 7) is 9.21. The third kappa shape index (κ3) is 8.39. The Morgan fingerprint density at radius 3 is 1.13 bits per heavy atom. The van der Waals surface area contributed by atoms with Crippen molar-refractivity contribution in [1.82, 2.24) is 49.9 Å². The van der Waals surface area contributed by atoms with Crippen LogP contribution in [0.4, 0.5) is 0 Å². The Morgan fingerprint density at radius 1 is 0.500 bits per heavy atom. The molecular formula is C36H42N10. The monoisotopic (exact) mass is 614 g/mol. The van der Waals surface area contributed by atoms with Crippen LogP contribution in [0.2, 0.25) is 0 Å². The zero-order chi connectivity index (χ0) is 31.6. The molecule has 0 spiro atoms. The highest BCUT2D eigenvalue weighted by Gasteiger charge is 2.36. The van der Waals surface area contributed by atoms with E-state index in [1.807, 2.05) is 32.2 Å². The lowest BCUT2D eigenvalue weighted by atomic mass is 9.74. The van der Waals surface area contributed by atoms with E-state index in [-0.39, 0.29) is 5.41 Å². The highest BCUT2D eigenvalue weighted by atomic mass is 15.4. The van der Waals surface area contributed by atoms with Crippen LogP contribution >= 0.6 is 0 Å². The molecule has 6 rings (SSSR count). The van der Waals surface area contributed by atoms with Crippen LogP contribution in [0.15, 0.2) is 110 Å². The molecule has 3 heterocycles. The minimum absolute atomic E-state index is 0.277. The van der Waals surface area contributed by atoms with Crippen LogP contribution in [0.1, 0.15) is 47.6 Å². The molecule has 0 amide bonds. The Morgan fingerprint density at radius 2 is 0.826 bits per heavy atom. The standard InChI is InChI=1S/C36H42N10/c1-3-43(4-2)29-36(20-33-26-44(40-37-33)23-30-14-8-5-9-15-30,21-34-27-45(41-38-34)24-31-16-10-6-11-17-31)22-35-28-46(42-39-35)25-32-18-12-7-13-19-32/h5-19,26-28H,3-4,20-25,29H2,1-2H3. The molecule has 0 bridgehead atoms. The van der Waals surface area contributed by atoms with E-state index in [0.29, 0.717) is 19.6 Å². The van der Waals surface area contributed by atoms with Crippen molar-refractivity contribution >= 4 is 0 Å². The molecule has 3 aromatic carbocycles. The van der Waals surface area contributed by atoms with Crippen LogP contribution in [0.5, 0.6) is 0 Å². The molecule has 0 aliphatic carbocycles. The Balaban J connectivity index is 1.30. The SMILES string of the molecule is CCN(CC)CC(Cc1cn(Cc2ccccc2)nn1)(Cc1cn(Cc2ccccc2)nn1)Cc1cn(Cc2ccccc2)nn1. The van der Waals surface area contributed by atoms with Gasteiger partial charge in [-0.05, 0) is 29.8 Å². The van der Waals surface area contributed by atoms with Crippen LogP contribution in [-0.4, -0.2) is 69.5 Å². The average Bonchev–Trinajstić information content (AvgIpc) is 3.83. The lowest BCUT2D eigenvalue weighted by molar-refractivity contribution is 0.151. The second-order valence-electron chi connectivity index (χ2n) is 12.2. The van der Waals surface area contributed by atoms with Crippen LogP contribution in [0.25, 0.3) is 0 Å². The van der Waals surface area contributed by atoms with Gasteiger partial charge in [-0.1, -0.05) is 120 Å². The fourth-order valence-electron chi connectivity index (χ4n) is 6.23. The molecule has 10 heteroatoms. The molecular weight excluding hydrogens is 572 g/mol. The summed E-state index contributed by atoms with van der Waals surface area (Å²) >= 11 is 0. The highest BCUT2D eigenvalue weighted by molar-refractivity contribution is 5.18. The number of hydrogen-bond acceptors (Lipinski definition) is 7. The summed E-state index contributed by atoms with van der Waals surface area (Å²) in [5, 5.41) is 27.6. The molecule has 0 unspecified atom stereocenters. The molecule has 236 valence electrons. The minimum Gasteiger partial charge on any atom is -0.303 e. The second kappa shape index (κ2) is 14.9. The van der Waals surface area contributed by atoms with Crippen molar-refractivity contribution in [2.75, 3.05) is 19.6 Å². The second-order valence-corrected chi connectivity index (χ2v) is 12.2. The first-order valence-electron chi connectivity index (χ1n) is 16.1. The van der Waals surface area contributed by atoms with Crippen molar-refractivity contribution in [1.29, 1.82) is 0 Å². The van der Waals surface area contributed by atoms with E-state index in [4.69, 9.17) is 0 Å². The molecule has 0 N–H and O–H groups in total. The molecule has 0 saturated carbocycles. The highest BCUT2D eigenvalue weighted by Crippen LogP contribution is 2.32. The predicted molar refractivity (Wildman–Crippen MR) is 178 cm³/mol. The maximum absolute atomic E-state index is 4.67. The lowest BCUT2D eigenvalue weighted by Crippen LogP contribution is -2.42. The van der Waals surface area contributed by atoms with E-state index in [2.05, 4.69) is 141 Å². The van der Waals surface area contributed by atoms with Gasteiger partial charge in [-0.15, -0.1) is 15.3 Å². The first-order valence-corrected chi connectivity index (χ1v) is 16.1. The normalized spacial score (nSPS) is 11.8. The van der Waals surface area contributed by atoms with Gasteiger partial charge in [0.15, 0.2) is 0 Å². The molecule has 6 aromatic rings. The summed E-state index contributed by atoms with van der Waals surface area (Å²) in [5.41, 5.74) is 6.17. The van der Waals surface area contributed by atoms with Crippen molar-refractivity contribution in [3.05, 3.63) is 143 Å². The Bertz CT molecular complexity index is 1560. The summed E-state index contributed by atoms with van der Waals surface area (Å²) in [5.74, 6) is 0. The van der Waals surface area contributed by atoms with Crippen LogP contribution in [0.3, 0.4) is 0 Å². The zero-order valence-corrected chi connectivity index (χ0v) is 26.7. The van der Waals surface area contributed by atoms with Gasteiger partial charge in [0.2, 0.25) is 0 Å². The summed E-state index contributed by atoms with van der Waals surface area (Å²) in [6, 6.07) is 31.1. The molecule has 0 aliphatic rings. The van der Waals surface area contributed by atoms with E-state index in [1.165, 1.54) is 16.7 Å². The van der Waals surface area contributed by atoms with Gasteiger partial charge in [0.05, 0.1) is 36.7 Å². The molecule has 3 aromatic heterocycles. The predicted octanol–water partition coefficient (Wildman–Crippen LogP) is 4.96. The molecule has 0 aliphatic heterocycles. The number of nitrogens with zero attached hydrogens (tertiary/aromatic N) is 10. The average molecular weight is 615 g/mol. The quantitative estimate of drug-likeness (QED) is 0.152. The third-order valence-electron chi connectivity index (χ3n) is 8.44. The molecule has 10 nitrogen and oxygen atoms in total. The van der Waals surface area contributed by atoms with Crippen molar-refractivity contribution in [2.24, 2.45) is 5.41 Å². The van der Waals surface area contributed by atoms with Crippen molar-refractivity contribution in [3.63, 3.8) is 0 Å². The lowest BCUT2D eigenvalue weighted by Gasteiger charge is -2.37. The topological polar surface area (TPSA) is 95.4 Å². The van der Waals surface area contributed by atoms with Crippen molar-refractivity contribution < 1.29 is 0 Å². The van der Waals surface area contributed by atoms with Crippen LogP contribution < -0.4 is 0 Å². The number of aromatic nitrogens is 9. The summed E-state index contributed by atoms with van der Waals surface area (Å²) in [7, 11) is 0. The van der Waals surface area contributed by atoms with Crippen LogP contribution in [0, 0.1) is 5.41 Å². The van der Waals surface area contributed by atoms with E-state index < -0.39 is 0 Å². The smallest absolute Gasteiger partial charge is 0.0833 e. The van der Waals surface area contributed by atoms with E-state index in [9.17, 15) is 0 Å². The fraction of sp³-hybridized carbons (Fsp3) is 0.333. The third-order valence-corrected chi connectivity index (χ3v) is 8.44. The van der Waals surface area contributed by atoms with E-state index in [0.717, 1.165) is 56.0 Å². The van der Waals surface area contributed by atoms with Gasteiger partial charge in [-0.3, -0.25) is 0 Å². The van der Waals surface area contributed by atoms with Gasteiger partial charge in [0.25, 0.3) is 0 Å². The van der Waals surface area contributed by atoms with Crippen molar-refractivity contribution in [3.8, 4) is 0 Å². The van der Waals surface area contributed by atoms with Crippen molar-refractivity contribution in [2.45, 2.75) is 52.7 Å². The number of hydrogen-bond donors (Lipinski definition) is 0. The van der Waals surface area contributed by atoms with Gasteiger partial charge >= 0.3 is 0 Å². The maximum Gasteiger partial charge on any atom is 0.0833 e. The Labute approximate surface area is 270 Å². The summed E-state index contributed by atoms with van der Waals surface area (Å²) in [6.07, 6.45) is 8.41. The first kappa shape index (κ1) is 31.0. The summed E-state index contributed by atoms with van der Waals surface area (Å²) in [4.78, 5) is 2.48. The molecule has 0 atom stereocenters. The number of rotatable bonds is 16. The zero-order valence-electron chi connectivity index (χ0n) is 26.7. The van der Waals surface area contributed by atoms with Gasteiger partial charge < -0.3 is 4.90 Å². The molecule has 0 radical (unpaired) electrons. The maximum atomic E-state index is 4.67. The Hall–Kier alpha value is -4.96. The first-order chi connectivity index (χ1) is 22.6. The molecule has 0 fully saturated rings. The molecule has 46 heavy (non-hydrogen) atoms. The fourth-order valence-corrected chi connectivity index (χ4v) is 6.23. The van der Waals surface area contributed by atoms with Gasteiger partial charge in [0, 0.05) is 49.8 Å². The van der Waals surface area contributed by atoms with Crippen LogP contribution in [-0.2, 0) is 38.9 Å². The van der Waals surface area contributed by atoms with E-state index in [1.54, 1.807) is 0 Å². The summed E-state index contributed by atoms with van der Waals surface area (Å²) < 4.78 is 5.79. The van der Waals surface area contributed by atoms with E-state index >= 15 is 0 Å². The van der Waals surface area contributed by atoms with Gasteiger partial charge in [-0.2, -0.15) is 0 Å².